The Morgan fingerprint density at radius 3 is 2.67 bits per heavy atom. The van der Waals surface area contributed by atoms with E-state index in [1.807, 2.05) is 42.5 Å². The van der Waals surface area contributed by atoms with Gasteiger partial charge in [0, 0.05) is 11.3 Å². The number of hydrogen-bond donors (Lipinski definition) is 0. The summed E-state index contributed by atoms with van der Waals surface area (Å²) < 4.78 is 20.5. The molecule has 4 aromatic rings. The Morgan fingerprint density at radius 1 is 1.03 bits per heavy atom. The van der Waals surface area contributed by atoms with Crippen molar-refractivity contribution in [2.75, 3.05) is 17.3 Å². The summed E-state index contributed by atoms with van der Waals surface area (Å²) in [6.45, 7) is 0.644. The summed E-state index contributed by atoms with van der Waals surface area (Å²) in [5.41, 5.74) is 0.602. The fraction of sp³-hybridized carbons (Fsp3) is 0.136. The topological polar surface area (TPSA) is 60.3 Å². The predicted molar refractivity (Wildman–Crippen MR) is 113 cm³/mol. The number of ether oxygens (including phenoxy) is 1. The lowest BCUT2D eigenvalue weighted by molar-refractivity contribution is 0.0953. The molecule has 5 rings (SSSR count). The normalized spacial score (nSPS) is 13.3. The van der Waals surface area contributed by atoms with Gasteiger partial charge in [-0.25, -0.2) is 14.1 Å². The number of aromatic nitrogens is 3. The van der Waals surface area contributed by atoms with Gasteiger partial charge >= 0.3 is 0 Å². The SMILES string of the molecule is O=C(c1ccc2ccccc2c1)N1CCSc2nnc(COc3ccc(F)cc3)n21. The summed E-state index contributed by atoms with van der Waals surface area (Å²) in [4.78, 5) is 13.3. The third kappa shape index (κ3) is 3.50. The first-order chi connectivity index (χ1) is 14.7. The van der Waals surface area contributed by atoms with Gasteiger partial charge in [0.05, 0.1) is 6.54 Å². The molecule has 0 bridgehead atoms. The number of benzene rings is 3. The summed E-state index contributed by atoms with van der Waals surface area (Å²) in [6, 6.07) is 19.4. The second-order valence-corrected chi connectivity index (χ2v) is 7.85. The van der Waals surface area contributed by atoms with Crippen LogP contribution in [0.15, 0.2) is 71.9 Å². The minimum atomic E-state index is -0.328. The van der Waals surface area contributed by atoms with E-state index in [1.54, 1.807) is 33.6 Å². The van der Waals surface area contributed by atoms with E-state index in [2.05, 4.69) is 10.2 Å². The molecule has 0 spiro atoms. The standard InChI is InChI=1S/C22H17FN4O2S/c23-18-7-9-19(10-8-18)29-14-20-24-25-22-27(20)26(11-12-30-22)21(28)17-6-5-15-3-1-2-4-16(15)13-17/h1-10,13H,11-12,14H2. The van der Waals surface area contributed by atoms with Crippen LogP contribution in [0.3, 0.4) is 0 Å². The Labute approximate surface area is 176 Å². The van der Waals surface area contributed by atoms with Gasteiger partial charge < -0.3 is 4.74 Å². The number of halogens is 1. The van der Waals surface area contributed by atoms with Crippen LogP contribution in [0.2, 0.25) is 0 Å². The first-order valence-electron chi connectivity index (χ1n) is 9.45. The van der Waals surface area contributed by atoms with Crippen LogP contribution in [-0.4, -0.2) is 33.1 Å². The van der Waals surface area contributed by atoms with Gasteiger partial charge in [0.15, 0.2) is 5.82 Å². The number of fused-ring (bicyclic) bond motifs is 2. The Hall–Kier alpha value is -3.39. The van der Waals surface area contributed by atoms with Crippen molar-refractivity contribution >= 4 is 28.4 Å². The van der Waals surface area contributed by atoms with Crippen LogP contribution in [0.4, 0.5) is 4.39 Å². The molecule has 1 amide bonds. The highest BCUT2D eigenvalue weighted by Gasteiger charge is 2.28. The van der Waals surface area contributed by atoms with Gasteiger partial charge in [0.2, 0.25) is 5.16 Å². The Kier molecular flexibility index (Phi) is 4.84. The molecule has 0 unspecified atom stereocenters. The van der Waals surface area contributed by atoms with Crippen molar-refractivity contribution in [1.82, 2.24) is 14.9 Å². The van der Waals surface area contributed by atoms with Crippen molar-refractivity contribution in [3.8, 4) is 5.75 Å². The Balaban J connectivity index is 1.43. The van der Waals surface area contributed by atoms with Gasteiger partial charge in [-0.2, -0.15) is 0 Å². The van der Waals surface area contributed by atoms with E-state index in [0.29, 0.717) is 28.8 Å². The van der Waals surface area contributed by atoms with E-state index in [4.69, 9.17) is 4.74 Å². The Morgan fingerprint density at radius 2 is 1.83 bits per heavy atom. The molecular weight excluding hydrogens is 403 g/mol. The van der Waals surface area contributed by atoms with Crippen LogP contribution >= 0.6 is 11.8 Å². The first kappa shape index (κ1) is 18.6. The van der Waals surface area contributed by atoms with Crippen LogP contribution in [0.1, 0.15) is 16.2 Å². The van der Waals surface area contributed by atoms with Gasteiger partial charge in [0.1, 0.15) is 18.2 Å². The molecule has 1 aliphatic heterocycles. The van der Waals surface area contributed by atoms with Crippen molar-refractivity contribution in [3.63, 3.8) is 0 Å². The fourth-order valence-electron chi connectivity index (χ4n) is 3.38. The molecule has 3 aromatic carbocycles. The molecule has 0 N–H and O–H groups in total. The number of carbonyl (C=O) groups excluding carboxylic acids is 1. The maximum Gasteiger partial charge on any atom is 0.272 e. The summed E-state index contributed by atoms with van der Waals surface area (Å²) in [5, 5.41) is 12.8. The summed E-state index contributed by atoms with van der Waals surface area (Å²) in [5.74, 6) is 1.31. The second-order valence-electron chi connectivity index (χ2n) is 6.79. The van der Waals surface area contributed by atoms with Crippen molar-refractivity contribution < 1.29 is 13.9 Å². The maximum absolute atomic E-state index is 13.3. The molecule has 0 atom stereocenters. The summed E-state index contributed by atoms with van der Waals surface area (Å²) in [6.07, 6.45) is 0. The molecular formula is C22H17FN4O2S. The number of nitrogens with zero attached hydrogens (tertiary/aromatic N) is 4. The molecule has 1 aromatic heterocycles. The van der Waals surface area contributed by atoms with Crippen LogP contribution < -0.4 is 9.75 Å². The van der Waals surface area contributed by atoms with Gasteiger partial charge in [-0.1, -0.05) is 42.1 Å². The number of amides is 1. The minimum absolute atomic E-state index is 0.112. The lowest BCUT2D eigenvalue weighted by Gasteiger charge is -2.29. The van der Waals surface area contributed by atoms with E-state index >= 15 is 0 Å². The minimum Gasteiger partial charge on any atom is -0.486 e. The second kappa shape index (κ2) is 7.79. The van der Waals surface area contributed by atoms with E-state index in [9.17, 15) is 9.18 Å². The van der Waals surface area contributed by atoms with Crippen LogP contribution in [0.5, 0.6) is 5.75 Å². The molecule has 0 fully saturated rings. The number of carbonyl (C=O) groups is 1. The molecule has 0 radical (unpaired) electrons. The molecule has 0 aliphatic carbocycles. The lowest BCUT2D eigenvalue weighted by atomic mass is 10.1. The maximum atomic E-state index is 13.3. The highest BCUT2D eigenvalue weighted by atomic mass is 32.2. The van der Waals surface area contributed by atoms with Gasteiger partial charge in [-0.15, -0.1) is 10.2 Å². The monoisotopic (exact) mass is 420 g/mol. The number of thioether (sulfide) groups is 1. The zero-order chi connectivity index (χ0) is 20.5. The van der Waals surface area contributed by atoms with E-state index < -0.39 is 0 Å². The molecule has 30 heavy (non-hydrogen) atoms. The van der Waals surface area contributed by atoms with E-state index in [-0.39, 0.29) is 18.3 Å². The zero-order valence-electron chi connectivity index (χ0n) is 15.9. The van der Waals surface area contributed by atoms with Gasteiger partial charge in [-0.05, 0) is 47.2 Å². The first-order valence-corrected chi connectivity index (χ1v) is 10.4. The zero-order valence-corrected chi connectivity index (χ0v) is 16.7. The molecule has 1 aliphatic rings. The van der Waals surface area contributed by atoms with Crippen molar-refractivity contribution in [3.05, 3.63) is 83.9 Å². The van der Waals surface area contributed by atoms with Crippen molar-refractivity contribution in [2.24, 2.45) is 0 Å². The average molecular weight is 420 g/mol. The average Bonchev–Trinajstić information content (AvgIpc) is 3.21. The lowest BCUT2D eigenvalue weighted by Crippen LogP contribution is -2.45. The predicted octanol–water partition coefficient (Wildman–Crippen LogP) is 4.03. The van der Waals surface area contributed by atoms with Crippen LogP contribution in [0, 0.1) is 5.82 Å². The fourth-order valence-corrected chi connectivity index (χ4v) is 4.26. The number of hydrogen-bond acceptors (Lipinski definition) is 5. The molecule has 2 heterocycles. The largest absolute Gasteiger partial charge is 0.486 e. The molecule has 0 saturated heterocycles. The van der Waals surface area contributed by atoms with Crippen LogP contribution in [-0.2, 0) is 6.61 Å². The van der Waals surface area contributed by atoms with E-state index in [1.165, 1.54) is 12.1 Å². The Bertz CT molecular complexity index is 1230. The molecule has 8 heteroatoms. The molecule has 6 nitrogen and oxygen atoms in total. The van der Waals surface area contributed by atoms with Crippen LogP contribution in [0.25, 0.3) is 10.8 Å². The quantitative estimate of drug-likeness (QED) is 0.499. The van der Waals surface area contributed by atoms with Crippen molar-refractivity contribution in [2.45, 2.75) is 11.8 Å². The van der Waals surface area contributed by atoms with E-state index in [0.717, 1.165) is 16.5 Å². The van der Waals surface area contributed by atoms with Crippen molar-refractivity contribution in [1.29, 1.82) is 0 Å². The highest BCUT2D eigenvalue weighted by molar-refractivity contribution is 7.99. The smallest absolute Gasteiger partial charge is 0.272 e. The summed E-state index contributed by atoms with van der Waals surface area (Å²) >= 11 is 1.54. The third-order valence-corrected chi connectivity index (χ3v) is 5.76. The highest BCUT2D eigenvalue weighted by Crippen LogP contribution is 2.25. The van der Waals surface area contributed by atoms with Gasteiger partial charge in [-0.3, -0.25) is 4.79 Å². The third-order valence-electron chi connectivity index (χ3n) is 4.86. The molecule has 0 saturated carbocycles. The summed E-state index contributed by atoms with van der Waals surface area (Å²) in [7, 11) is 0. The number of rotatable bonds is 4. The molecule has 150 valence electrons. The van der Waals surface area contributed by atoms with Gasteiger partial charge in [0.25, 0.3) is 5.91 Å².